The minimum Gasteiger partial charge on any atom is -0.381 e. The molecule has 4 nitrogen and oxygen atoms in total. The van der Waals surface area contributed by atoms with Crippen LogP contribution in [0.3, 0.4) is 0 Å². The largest absolute Gasteiger partial charge is 0.381 e. The third kappa shape index (κ3) is 3.02. The first-order valence-electron chi connectivity index (χ1n) is 8.43. The number of rotatable bonds is 4. The number of carbonyl (C=O) groups excluding carboxylic acids is 1. The van der Waals surface area contributed by atoms with Crippen LogP contribution in [0.4, 0.5) is 0 Å². The minimum absolute atomic E-state index is 0.0152. The molecule has 21 heavy (non-hydrogen) atoms. The van der Waals surface area contributed by atoms with Crippen LogP contribution in [0.5, 0.6) is 0 Å². The van der Waals surface area contributed by atoms with Gasteiger partial charge in [-0.05, 0) is 45.4 Å². The lowest BCUT2D eigenvalue weighted by molar-refractivity contribution is -0.162. The van der Waals surface area contributed by atoms with Gasteiger partial charge in [0, 0.05) is 37.3 Å². The lowest BCUT2D eigenvalue weighted by Gasteiger charge is -2.50. The summed E-state index contributed by atoms with van der Waals surface area (Å²) in [5.41, 5.74) is 1.04. The SMILES string of the molecule is CCOC[C@]12CCCO[C@@H]1CCN(C(=O)C1=CCCC1)C2. The van der Waals surface area contributed by atoms with Gasteiger partial charge in [0.25, 0.3) is 0 Å². The van der Waals surface area contributed by atoms with Crippen molar-refractivity contribution in [1.82, 2.24) is 4.90 Å². The molecule has 0 aromatic heterocycles. The quantitative estimate of drug-likeness (QED) is 0.799. The van der Waals surface area contributed by atoms with Gasteiger partial charge >= 0.3 is 0 Å². The molecule has 2 aliphatic heterocycles. The zero-order valence-corrected chi connectivity index (χ0v) is 13.1. The smallest absolute Gasteiger partial charge is 0.249 e. The van der Waals surface area contributed by atoms with Crippen LogP contribution in [-0.4, -0.2) is 49.8 Å². The third-order valence-corrected chi connectivity index (χ3v) is 5.18. The predicted molar refractivity (Wildman–Crippen MR) is 81.0 cm³/mol. The van der Waals surface area contributed by atoms with Crippen molar-refractivity contribution in [2.75, 3.05) is 32.9 Å². The normalized spacial score (nSPS) is 32.7. The fourth-order valence-electron chi connectivity index (χ4n) is 4.05. The number of nitrogens with zero attached hydrogens (tertiary/aromatic N) is 1. The number of piperidine rings is 1. The minimum atomic E-state index is 0.0152. The van der Waals surface area contributed by atoms with E-state index in [1.807, 2.05) is 6.92 Å². The van der Waals surface area contributed by atoms with Crippen molar-refractivity contribution in [3.8, 4) is 0 Å². The highest BCUT2D eigenvalue weighted by Gasteiger charge is 2.47. The number of allylic oxidation sites excluding steroid dienone is 1. The van der Waals surface area contributed by atoms with E-state index in [0.717, 1.165) is 77.0 Å². The number of fused-ring (bicyclic) bond motifs is 1. The van der Waals surface area contributed by atoms with Gasteiger partial charge < -0.3 is 14.4 Å². The Hall–Kier alpha value is -0.870. The molecule has 0 saturated carbocycles. The van der Waals surface area contributed by atoms with Gasteiger partial charge in [-0.1, -0.05) is 6.08 Å². The van der Waals surface area contributed by atoms with Crippen LogP contribution in [0.25, 0.3) is 0 Å². The average Bonchev–Trinajstić information content (AvgIpc) is 3.06. The molecular weight excluding hydrogens is 266 g/mol. The Balaban J connectivity index is 1.72. The summed E-state index contributed by atoms with van der Waals surface area (Å²) in [6, 6.07) is 0. The van der Waals surface area contributed by atoms with Crippen molar-refractivity contribution < 1.29 is 14.3 Å². The van der Waals surface area contributed by atoms with Gasteiger partial charge in [-0.2, -0.15) is 0 Å². The molecule has 0 unspecified atom stereocenters. The molecule has 0 aromatic rings. The number of hydrogen-bond donors (Lipinski definition) is 0. The lowest BCUT2D eigenvalue weighted by atomic mass is 9.73. The number of ether oxygens (including phenoxy) is 2. The van der Waals surface area contributed by atoms with Crippen LogP contribution in [0, 0.1) is 5.41 Å². The second kappa shape index (κ2) is 6.49. The van der Waals surface area contributed by atoms with Gasteiger partial charge in [-0.3, -0.25) is 4.79 Å². The van der Waals surface area contributed by atoms with E-state index in [0.29, 0.717) is 0 Å². The highest BCUT2D eigenvalue weighted by atomic mass is 16.5. The average molecular weight is 293 g/mol. The van der Waals surface area contributed by atoms with Crippen molar-refractivity contribution >= 4 is 5.91 Å². The van der Waals surface area contributed by atoms with E-state index in [-0.39, 0.29) is 17.4 Å². The summed E-state index contributed by atoms with van der Waals surface area (Å²) in [6.07, 6.45) is 8.67. The molecule has 0 radical (unpaired) electrons. The molecule has 118 valence electrons. The Bertz CT molecular complexity index is 420. The van der Waals surface area contributed by atoms with E-state index < -0.39 is 0 Å². The summed E-state index contributed by atoms with van der Waals surface area (Å²) in [4.78, 5) is 14.7. The summed E-state index contributed by atoms with van der Waals surface area (Å²) in [6.45, 7) is 5.97. The Morgan fingerprint density at radius 3 is 3.19 bits per heavy atom. The summed E-state index contributed by atoms with van der Waals surface area (Å²) in [5, 5.41) is 0. The van der Waals surface area contributed by atoms with Crippen molar-refractivity contribution in [3.63, 3.8) is 0 Å². The molecule has 0 spiro atoms. The lowest BCUT2D eigenvalue weighted by Crippen LogP contribution is -2.58. The monoisotopic (exact) mass is 293 g/mol. The summed E-state index contributed by atoms with van der Waals surface area (Å²) in [7, 11) is 0. The molecule has 3 aliphatic rings. The third-order valence-electron chi connectivity index (χ3n) is 5.18. The van der Waals surface area contributed by atoms with Crippen LogP contribution >= 0.6 is 0 Å². The molecular formula is C17H27NO3. The van der Waals surface area contributed by atoms with E-state index in [4.69, 9.17) is 9.47 Å². The van der Waals surface area contributed by atoms with Gasteiger partial charge in [-0.25, -0.2) is 0 Å². The molecule has 3 rings (SSSR count). The fraction of sp³-hybridized carbons (Fsp3) is 0.824. The van der Waals surface area contributed by atoms with Crippen molar-refractivity contribution in [1.29, 1.82) is 0 Å². The molecule has 1 aliphatic carbocycles. The van der Waals surface area contributed by atoms with Crippen molar-refractivity contribution in [2.24, 2.45) is 5.41 Å². The highest BCUT2D eigenvalue weighted by molar-refractivity contribution is 5.93. The first-order chi connectivity index (χ1) is 10.2. The van der Waals surface area contributed by atoms with Gasteiger partial charge in [0.15, 0.2) is 0 Å². The predicted octanol–water partition coefficient (Wildman–Crippen LogP) is 2.53. The number of carbonyl (C=O) groups is 1. The van der Waals surface area contributed by atoms with E-state index >= 15 is 0 Å². The molecule has 0 aromatic carbocycles. The number of likely N-dealkylation sites (tertiary alicyclic amines) is 1. The molecule has 4 heteroatoms. The molecule has 2 saturated heterocycles. The first-order valence-corrected chi connectivity index (χ1v) is 8.43. The van der Waals surface area contributed by atoms with Gasteiger partial charge in [-0.15, -0.1) is 0 Å². The number of hydrogen-bond acceptors (Lipinski definition) is 3. The highest BCUT2D eigenvalue weighted by Crippen LogP contribution is 2.41. The topological polar surface area (TPSA) is 38.8 Å². The van der Waals surface area contributed by atoms with Gasteiger partial charge in [0.2, 0.25) is 5.91 Å². The molecule has 2 fully saturated rings. The maximum atomic E-state index is 12.7. The Morgan fingerprint density at radius 1 is 1.52 bits per heavy atom. The summed E-state index contributed by atoms with van der Waals surface area (Å²) in [5.74, 6) is 0.257. The Labute approximate surface area is 127 Å². The van der Waals surface area contributed by atoms with Crippen molar-refractivity contribution in [2.45, 2.75) is 51.6 Å². The molecule has 0 bridgehead atoms. The van der Waals surface area contributed by atoms with Crippen LogP contribution in [0.1, 0.15) is 45.4 Å². The van der Waals surface area contributed by atoms with E-state index in [1.165, 1.54) is 0 Å². The molecule has 2 heterocycles. The van der Waals surface area contributed by atoms with E-state index in [2.05, 4.69) is 11.0 Å². The van der Waals surface area contributed by atoms with Gasteiger partial charge in [0.1, 0.15) is 0 Å². The fourth-order valence-corrected chi connectivity index (χ4v) is 4.05. The second-order valence-corrected chi connectivity index (χ2v) is 6.60. The zero-order valence-electron chi connectivity index (χ0n) is 13.1. The van der Waals surface area contributed by atoms with Crippen LogP contribution < -0.4 is 0 Å². The molecule has 1 amide bonds. The summed E-state index contributed by atoms with van der Waals surface area (Å²) < 4.78 is 11.8. The van der Waals surface area contributed by atoms with E-state index in [1.54, 1.807) is 0 Å². The standard InChI is InChI=1S/C17H27NO3/c1-2-20-13-17-9-5-11-21-15(17)8-10-18(12-17)16(19)14-6-3-4-7-14/h6,15H,2-5,7-13H2,1H3/t15-,17-/m1/s1. The number of amides is 1. The van der Waals surface area contributed by atoms with Crippen LogP contribution in [0.15, 0.2) is 11.6 Å². The summed E-state index contributed by atoms with van der Waals surface area (Å²) >= 11 is 0. The Kier molecular flexibility index (Phi) is 4.65. The maximum Gasteiger partial charge on any atom is 0.249 e. The zero-order chi connectivity index (χ0) is 14.7. The van der Waals surface area contributed by atoms with Crippen LogP contribution in [-0.2, 0) is 14.3 Å². The van der Waals surface area contributed by atoms with Gasteiger partial charge in [0.05, 0.1) is 12.7 Å². The molecule has 0 N–H and O–H groups in total. The maximum absolute atomic E-state index is 12.7. The molecule has 2 atom stereocenters. The van der Waals surface area contributed by atoms with Crippen LogP contribution in [0.2, 0.25) is 0 Å². The Morgan fingerprint density at radius 2 is 2.43 bits per heavy atom. The second-order valence-electron chi connectivity index (χ2n) is 6.60. The van der Waals surface area contributed by atoms with E-state index in [9.17, 15) is 4.79 Å². The van der Waals surface area contributed by atoms with Crippen molar-refractivity contribution in [3.05, 3.63) is 11.6 Å². The first kappa shape index (κ1) is 15.0.